The molecule has 35 heavy (non-hydrogen) atoms. The molecule has 0 radical (unpaired) electrons. The molecule has 0 N–H and O–H groups in total. The molecule has 0 spiro atoms. The Hall–Kier alpha value is -0.300. The van der Waals surface area contributed by atoms with Crippen molar-refractivity contribution in [2.45, 2.75) is 110 Å². The topological polar surface area (TPSA) is 84.9 Å². The van der Waals surface area contributed by atoms with Crippen molar-refractivity contribution >= 4 is 13.6 Å². The molecular formula is C27H56NO6P. The summed E-state index contributed by atoms with van der Waals surface area (Å²) in [6.07, 6.45) is 18.6. The Morgan fingerprint density at radius 1 is 0.771 bits per heavy atom. The van der Waals surface area contributed by atoms with Crippen LogP contribution in [0.4, 0.5) is 0 Å². The van der Waals surface area contributed by atoms with Crippen LogP contribution in [0.2, 0.25) is 0 Å². The summed E-state index contributed by atoms with van der Waals surface area (Å²) < 4.78 is 28.3. The molecule has 0 aromatic carbocycles. The average Bonchev–Trinajstić information content (AvgIpc) is 2.75. The number of nitrogens with zero attached hydrogens (tertiary/aromatic N) is 1. The molecule has 7 nitrogen and oxygen atoms in total. The molecule has 0 rings (SSSR count). The number of ketones is 1. The van der Waals surface area contributed by atoms with E-state index in [-0.39, 0.29) is 31.3 Å². The standard InChI is InChI=1S/C27H56NO6P/c1-6-7-8-9-10-11-12-13-14-15-16-17-18-19-21-32-24-27(23-26(2)29)25-34-35(30,31)33-22-20-28(3,4)5/h27H,6-25H2,1-5H3/t27-/m1/s1. The van der Waals surface area contributed by atoms with Crippen molar-refractivity contribution in [1.29, 1.82) is 0 Å². The Morgan fingerprint density at radius 3 is 1.71 bits per heavy atom. The fourth-order valence-electron chi connectivity index (χ4n) is 3.88. The lowest BCUT2D eigenvalue weighted by atomic mass is 10.0. The van der Waals surface area contributed by atoms with E-state index in [0.717, 1.165) is 12.8 Å². The number of hydrogen-bond acceptors (Lipinski definition) is 6. The normalized spacial score (nSPS) is 14.7. The smallest absolute Gasteiger partial charge is 0.268 e. The summed E-state index contributed by atoms with van der Waals surface area (Å²) >= 11 is 0. The zero-order valence-corrected chi connectivity index (χ0v) is 24.5. The van der Waals surface area contributed by atoms with Crippen molar-refractivity contribution in [3.63, 3.8) is 0 Å². The van der Waals surface area contributed by atoms with E-state index in [4.69, 9.17) is 13.8 Å². The van der Waals surface area contributed by atoms with Gasteiger partial charge in [0, 0.05) is 18.9 Å². The third-order valence-electron chi connectivity index (χ3n) is 6.05. The predicted molar refractivity (Wildman–Crippen MR) is 142 cm³/mol. The second kappa shape index (κ2) is 21.8. The highest BCUT2D eigenvalue weighted by molar-refractivity contribution is 7.45. The first-order valence-corrected chi connectivity index (χ1v) is 15.5. The molecule has 0 aliphatic rings. The van der Waals surface area contributed by atoms with Crippen molar-refractivity contribution in [1.82, 2.24) is 0 Å². The minimum absolute atomic E-state index is 0.00891. The van der Waals surface area contributed by atoms with Gasteiger partial charge < -0.3 is 28.0 Å². The molecule has 0 saturated carbocycles. The Bertz CT molecular complexity index is 552. The lowest BCUT2D eigenvalue weighted by Crippen LogP contribution is -2.37. The third kappa shape index (κ3) is 26.6. The molecular weight excluding hydrogens is 465 g/mol. The zero-order chi connectivity index (χ0) is 26.4. The number of carbonyl (C=O) groups excluding carboxylic acids is 1. The molecule has 0 heterocycles. The maximum atomic E-state index is 12.0. The van der Waals surface area contributed by atoms with Gasteiger partial charge in [-0.3, -0.25) is 4.57 Å². The number of phosphoric ester groups is 1. The van der Waals surface area contributed by atoms with Gasteiger partial charge >= 0.3 is 0 Å². The first-order valence-electron chi connectivity index (χ1n) is 14.0. The number of quaternary nitrogens is 1. The van der Waals surface area contributed by atoms with Crippen LogP contribution in [0.5, 0.6) is 0 Å². The lowest BCUT2D eigenvalue weighted by molar-refractivity contribution is -0.870. The Kier molecular flexibility index (Phi) is 21.6. The van der Waals surface area contributed by atoms with Gasteiger partial charge in [0.15, 0.2) is 0 Å². The monoisotopic (exact) mass is 521 g/mol. The minimum atomic E-state index is -4.38. The predicted octanol–water partition coefficient (Wildman–Crippen LogP) is 6.29. The van der Waals surface area contributed by atoms with Crippen molar-refractivity contribution in [2.24, 2.45) is 5.92 Å². The zero-order valence-electron chi connectivity index (χ0n) is 23.6. The molecule has 0 amide bonds. The number of phosphoric acid groups is 1. The van der Waals surface area contributed by atoms with E-state index in [0.29, 0.717) is 24.2 Å². The number of carbonyl (C=O) groups is 1. The van der Waals surface area contributed by atoms with E-state index in [2.05, 4.69) is 6.92 Å². The van der Waals surface area contributed by atoms with E-state index >= 15 is 0 Å². The van der Waals surface area contributed by atoms with Crippen LogP contribution < -0.4 is 4.89 Å². The Labute approximate surface area is 216 Å². The molecule has 2 atom stereocenters. The maximum absolute atomic E-state index is 12.0. The van der Waals surface area contributed by atoms with E-state index in [1.54, 1.807) is 0 Å². The molecule has 0 aliphatic heterocycles. The summed E-state index contributed by atoms with van der Waals surface area (Å²) in [7, 11) is 1.49. The average molecular weight is 522 g/mol. The van der Waals surface area contributed by atoms with Gasteiger partial charge in [-0.1, -0.05) is 90.4 Å². The molecule has 0 saturated heterocycles. The van der Waals surface area contributed by atoms with Crippen LogP contribution in [0.15, 0.2) is 0 Å². The second-order valence-corrected chi connectivity index (χ2v) is 12.4. The maximum Gasteiger partial charge on any atom is 0.268 e. The van der Waals surface area contributed by atoms with Crippen molar-refractivity contribution in [3.05, 3.63) is 0 Å². The number of rotatable bonds is 26. The van der Waals surface area contributed by atoms with Crippen LogP contribution in [0.25, 0.3) is 0 Å². The highest BCUT2D eigenvalue weighted by atomic mass is 31.2. The fourth-order valence-corrected chi connectivity index (χ4v) is 4.65. The van der Waals surface area contributed by atoms with Crippen LogP contribution in [-0.2, 0) is 23.1 Å². The molecule has 0 aromatic rings. The van der Waals surface area contributed by atoms with Crippen LogP contribution >= 0.6 is 7.82 Å². The Morgan fingerprint density at radius 2 is 1.26 bits per heavy atom. The summed E-state index contributed by atoms with van der Waals surface area (Å²) in [5.74, 6) is -0.297. The van der Waals surface area contributed by atoms with Gasteiger partial charge in [0.2, 0.25) is 0 Å². The molecule has 0 fully saturated rings. The molecule has 0 aromatic heterocycles. The van der Waals surface area contributed by atoms with E-state index in [1.807, 2.05) is 21.1 Å². The summed E-state index contributed by atoms with van der Waals surface area (Å²) in [4.78, 5) is 23.5. The Balaban J connectivity index is 3.77. The van der Waals surface area contributed by atoms with E-state index in [1.165, 1.54) is 84.0 Å². The number of Topliss-reactive ketones (excluding diaryl/α,β-unsaturated/α-hetero) is 1. The van der Waals surface area contributed by atoms with Crippen LogP contribution in [0.1, 0.15) is 110 Å². The quantitative estimate of drug-likeness (QED) is 0.0756. The molecule has 1 unspecified atom stereocenters. The summed E-state index contributed by atoms with van der Waals surface area (Å²) in [5, 5.41) is 0. The highest BCUT2D eigenvalue weighted by Crippen LogP contribution is 2.38. The van der Waals surface area contributed by atoms with Gasteiger partial charge in [0.1, 0.15) is 18.9 Å². The lowest BCUT2D eigenvalue weighted by Gasteiger charge is -2.28. The molecule has 210 valence electrons. The van der Waals surface area contributed by atoms with Crippen LogP contribution in [0.3, 0.4) is 0 Å². The number of ether oxygens (including phenoxy) is 1. The van der Waals surface area contributed by atoms with Gasteiger partial charge in [-0.15, -0.1) is 0 Å². The largest absolute Gasteiger partial charge is 0.756 e. The highest BCUT2D eigenvalue weighted by Gasteiger charge is 2.18. The third-order valence-corrected chi connectivity index (χ3v) is 7.02. The minimum Gasteiger partial charge on any atom is -0.756 e. The van der Waals surface area contributed by atoms with Crippen LogP contribution in [-0.4, -0.2) is 64.4 Å². The SMILES string of the molecule is CCCCCCCCCCCCCCCCOC[C@H](COP(=O)([O-])OCC[N+](C)(C)C)CC(C)=O. The number of unbranched alkanes of at least 4 members (excludes halogenated alkanes) is 13. The van der Waals surface area contributed by atoms with E-state index in [9.17, 15) is 14.3 Å². The molecule has 0 aliphatic carbocycles. The molecule has 8 heteroatoms. The van der Waals surface area contributed by atoms with Crippen molar-refractivity contribution < 1.29 is 32.5 Å². The fraction of sp³-hybridized carbons (Fsp3) is 0.963. The first kappa shape index (κ1) is 34.7. The summed E-state index contributed by atoms with van der Waals surface area (Å²) in [5.41, 5.74) is 0. The van der Waals surface area contributed by atoms with Crippen molar-refractivity contribution in [2.75, 3.05) is 54.1 Å². The van der Waals surface area contributed by atoms with Gasteiger partial charge in [-0.25, -0.2) is 0 Å². The van der Waals surface area contributed by atoms with Gasteiger partial charge in [-0.05, 0) is 13.3 Å². The van der Waals surface area contributed by atoms with Gasteiger partial charge in [0.05, 0.1) is 34.4 Å². The second-order valence-electron chi connectivity index (χ2n) is 11.0. The summed E-state index contributed by atoms with van der Waals surface area (Å²) in [6.45, 7) is 5.22. The number of hydrogen-bond donors (Lipinski definition) is 0. The molecule has 0 bridgehead atoms. The van der Waals surface area contributed by atoms with Gasteiger partial charge in [-0.2, -0.15) is 0 Å². The summed E-state index contributed by atoms with van der Waals surface area (Å²) in [6, 6.07) is 0. The van der Waals surface area contributed by atoms with Crippen LogP contribution in [0, 0.1) is 5.92 Å². The van der Waals surface area contributed by atoms with Crippen molar-refractivity contribution in [3.8, 4) is 0 Å². The van der Waals surface area contributed by atoms with E-state index < -0.39 is 7.82 Å². The number of likely N-dealkylation sites (N-methyl/N-ethyl adjacent to an activating group) is 1. The van der Waals surface area contributed by atoms with Gasteiger partial charge in [0.25, 0.3) is 7.82 Å². The first-order chi connectivity index (χ1) is 16.6.